The molecule has 0 aromatic heterocycles. The van der Waals surface area contributed by atoms with Gasteiger partial charge in [-0.2, -0.15) is 0 Å². The third-order valence-electron chi connectivity index (χ3n) is 6.21. The summed E-state index contributed by atoms with van der Waals surface area (Å²) in [5.41, 5.74) is 8.67. The molecule has 0 heterocycles. The Bertz CT molecular complexity index is 1500. The molecule has 0 saturated heterocycles. The first-order valence-corrected chi connectivity index (χ1v) is 12.8. The molecule has 5 aromatic rings. The number of allylic oxidation sites excluding steroid dienone is 4. The number of rotatable bonds is 8. The van der Waals surface area contributed by atoms with Gasteiger partial charge in [0.15, 0.2) is 0 Å². The lowest BCUT2D eigenvalue weighted by Crippen LogP contribution is -2.02. The van der Waals surface area contributed by atoms with Crippen LogP contribution in [0.15, 0.2) is 175 Å². The van der Waals surface area contributed by atoms with E-state index in [4.69, 9.17) is 4.99 Å². The lowest BCUT2D eigenvalue weighted by Gasteiger charge is -2.09. The minimum absolute atomic E-state index is 0.939. The first-order valence-electron chi connectivity index (χ1n) is 12.8. The zero-order chi connectivity index (χ0) is 25.8. The average molecular weight is 488 g/mol. The Morgan fingerprint density at radius 2 is 0.816 bits per heavy atom. The number of aliphatic imine (C=N–C) groups is 1. The quantitative estimate of drug-likeness (QED) is 0.153. The minimum atomic E-state index is 0.939. The van der Waals surface area contributed by atoms with Gasteiger partial charge in [-0.25, -0.2) is 0 Å². The van der Waals surface area contributed by atoms with Crippen LogP contribution in [0.4, 0.5) is 0 Å². The Balaban J connectivity index is 1.66. The van der Waals surface area contributed by atoms with E-state index >= 15 is 0 Å². The summed E-state index contributed by atoms with van der Waals surface area (Å²) in [5, 5.41) is 0. The van der Waals surface area contributed by atoms with Gasteiger partial charge in [0.25, 0.3) is 0 Å². The summed E-state index contributed by atoms with van der Waals surface area (Å²) in [6.07, 6.45) is 8.55. The zero-order valence-electron chi connectivity index (χ0n) is 21.2. The normalized spacial score (nSPS) is 11.9. The van der Waals surface area contributed by atoms with E-state index in [2.05, 4.69) is 140 Å². The Morgan fingerprint density at radius 1 is 0.421 bits per heavy atom. The molecule has 0 aliphatic heterocycles. The summed E-state index contributed by atoms with van der Waals surface area (Å²) in [6.45, 7) is 0. The van der Waals surface area contributed by atoms with Crippen LogP contribution in [0.3, 0.4) is 0 Å². The molecule has 0 amide bonds. The third-order valence-corrected chi connectivity index (χ3v) is 6.21. The molecular weight excluding hydrogens is 458 g/mol. The fourth-order valence-electron chi connectivity index (χ4n) is 4.24. The summed E-state index contributed by atoms with van der Waals surface area (Å²) in [7, 11) is 0. The minimum Gasteiger partial charge on any atom is -0.255 e. The predicted octanol–water partition coefficient (Wildman–Crippen LogP) is 9.36. The molecule has 38 heavy (non-hydrogen) atoms. The van der Waals surface area contributed by atoms with Crippen LogP contribution in [0.5, 0.6) is 0 Å². The topological polar surface area (TPSA) is 12.4 Å². The maximum Gasteiger partial charge on any atom is 0.0774 e. The van der Waals surface area contributed by atoms with Crippen molar-refractivity contribution in [1.82, 2.24) is 0 Å². The SMILES string of the molecule is C(=C\c1ccccc1)/C(=C\C(=C/N=C(c1ccccc1)c1ccccc1)c1ccccc1)c1ccccc1. The Kier molecular flexibility index (Phi) is 8.31. The first-order chi connectivity index (χ1) is 18.9. The second kappa shape index (κ2) is 12.8. The maximum atomic E-state index is 5.09. The standard InChI is InChI=1S/C37H29N/c1-6-16-30(17-7-1)26-27-35(31-18-8-2-9-19-31)28-36(32-20-10-3-11-21-32)29-38-37(33-22-12-4-13-23-33)34-24-14-5-15-25-34/h1-29H/b27-26+,35-28+,36-29+. The first kappa shape index (κ1) is 24.7. The number of benzene rings is 5. The molecule has 0 unspecified atom stereocenters. The maximum absolute atomic E-state index is 5.09. The fourth-order valence-corrected chi connectivity index (χ4v) is 4.24. The fraction of sp³-hybridized carbons (Fsp3) is 0. The van der Waals surface area contributed by atoms with Crippen LogP contribution < -0.4 is 0 Å². The second-order valence-corrected chi connectivity index (χ2v) is 8.87. The van der Waals surface area contributed by atoms with Gasteiger partial charge in [-0.3, -0.25) is 4.99 Å². The highest BCUT2D eigenvalue weighted by molar-refractivity contribution is 6.13. The highest BCUT2D eigenvalue weighted by Crippen LogP contribution is 2.25. The zero-order valence-corrected chi connectivity index (χ0v) is 21.2. The summed E-state index contributed by atoms with van der Waals surface area (Å²) in [5.74, 6) is 0. The van der Waals surface area contributed by atoms with E-state index in [1.54, 1.807) is 0 Å². The summed E-state index contributed by atoms with van der Waals surface area (Å²) < 4.78 is 0. The van der Waals surface area contributed by atoms with E-state index in [1.165, 1.54) is 0 Å². The Morgan fingerprint density at radius 3 is 1.29 bits per heavy atom. The number of hydrogen-bond acceptors (Lipinski definition) is 1. The van der Waals surface area contributed by atoms with Crippen LogP contribution in [-0.4, -0.2) is 5.71 Å². The monoisotopic (exact) mass is 487 g/mol. The molecule has 0 bridgehead atoms. The van der Waals surface area contributed by atoms with Crippen LogP contribution in [0, 0.1) is 0 Å². The molecule has 0 aliphatic carbocycles. The number of nitrogens with zero attached hydrogens (tertiary/aromatic N) is 1. The van der Waals surface area contributed by atoms with Gasteiger partial charge >= 0.3 is 0 Å². The lowest BCUT2D eigenvalue weighted by atomic mass is 9.98. The molecule has 0 fully saturated rings. The molecule has 182 valence electrons. The van der Waals surface area contributed by atoms with Crippen molar-refractivity contribution in [1.29, 1.82) is 0 Å². The van der Waals surface area contributed by atoms with Crippen LogP contribution in [0.25, 0.3) is 17.2 Å². The molecule has 0 N–H and O–H groups in total. The van der Waals surface area contributed by atoms with Gasteiger partial charge in [0, 0.05) is 22.9 Å². The van der Waals surface area contributed by atoms with Crippen molar-refractivity contribution in [2.24, 2.45) is 4.99 Å². The highest BCUT2D eigenvalue weighted by Gasteiger charge is 2.07. The van der Waals surface area contributed by atoms with Gasteiger partial charge in [-0.05, 0) is 28.3 Å². The lowest BCUT2D eigenvalue weighted by molar-refractivity contribution is 1.48. The van der Waals surface area contributed by atoms with E-state index in [9.17, 15) is 0 Å². The largest absolute Gasteiger partial charge is 0.255 e. The average Bonchev–Trinajstić information content (AvgIpc) is 3.01. The molecule has 0 spiro atoms. The number of hydrogen-bond donors (Lipinski definition) is 0. The van der Waals surface area contributed by atoms with E-state index in [-0.39, 0.29) is 0 Å². The van der Waals surface area contributed by atoms with E-state index in [0.717, 1.165) is 44.7 Å². The molecule has 1 nitrogen and oxygen atoms in total. The molecule has 5 rings (SSSR count). The van der Waals surface area contributed by atoms with Gasteiger partial charge in [0.05, 0.1) is 5.71 Å². The van der Waals surface area contributed by atoms with Crippen LogP contribution >= 0.6 is 0 Å². The van der Waals surface area contributed by atoms with Crippen LogP contribution in [0.2, 0.25) is 0 Å². The molecular formula is C37H29N. The van der Waals surface area contributed by atoms with E-state index < -0.39 is 0 Å². The van der Waals surface area contributed by atoms with Crippen molar-refractivity contribution in [3.8, 4) is 0 Å². The summed E-state index contributed by atoms with van der Waals surface area (Å²) in [4.78, 5) is 5.09. The molecule has 0 saturated carbocycles. The molecule has 5 aromatic carbocycles. The highest BCUT2D eigenvalue weighted by atomic mass is 14.7. The van der Waals surface area contributed by atoms with Crippen molar-refractivity contribution in [2.45, 2.75) is 0 Å². The van der Waals surface area contributed by atoms with E-state index in [1.807, 2.05) is 36.5 Å². The van der Waals surface area contributed by atoms with Gasteiger partial charge in [0.1, 0.15) is 0 Å². The third kappa shape index (κ3) is 6.60. The predicted molar refractivity (Wildman–Crippen MR) is 163 cm³/mol. The van der Waals surface area contributed by atoms with Crippen molar-refractivity contribution < 1.29 is 0 Å². The van der Waals surface area contributed by atoms with Gasteiger partial charge < -0.3 is 0 Å². The van der Waals surface area contributed by atoms with Gasteiger partial charge in [-0.15, -0.1) is 0 Å². The molecule has 0 atom stereocenters. The second-order valence-electron chi connectivity index (χ2n) is 8.87. The Hall–Kier alpha value is -5.01. The van der Waals surface area contributed by atoms with Gasteiger partial charge in [0.2, 0.25) is 0 Å². The smallest absolute Gasteiger partial charge is 0.0774 e. The molecule has 0 aliphatic rings. The summed E-state index contributed by atoms with van der Waals surface area (Å²) >= 11 is 0. The van der Waals surface area contributed by atoms with Crippen molar-refractivity contribution in [2.75, 3.05) is 0 Å². The van der Waals surface area contributed by atoms with E-state index in [0.29, 0.717) is 0 Å². The summed E-state index contributed by atoms with van der Waals surface area (Å²) in [6, 6.07) is 52.0. The van der Waals surface area contributed by atoms with Gasteiger partial charge in [-0.1, -0.05) is 164 Å². The van der Waals surface area contributed by atoms with Crippen molar-refractivity contribution in [3.05, 3.63) is 198 Å². The van der Waals surface area contributed by atoms with Crippen molar-refractivity contribution >= 4 is 22.9 Å². The van der Waals surface area contributed by atoms with Crippen LogP contribution in [0.1, 0.15) is 27.8 Å². The van der Waals surface area contributed by atoms with Crippen LogP contribution in [-0.2, 0) is 0 Å². The molecule has 0 radical (unpaired) electrons. The Labute approximate surface area is 225 Å². The van der Waals surface area contributed by atoms with Crippen molar-refractivity contribution in [3.63, 3.8) is 0 Å². The molecule has 1 heteroatoms.